The lowest BCUT2D eigenvalue weighted by Gasteiger charge is -2.08. The molecule has 0 unspecified atom stereocenters. The zero-order valence-corrected chi connectivity index (χ0v) is 7.43. The van der Waals surface area contributed by atoms with Gasteiger partial charge in [0.05, 0.1) is 13.7 Å². The SMILES string of the molecule is CCOc1cc(F)c(F)cc1OC. The first-order valence-electron chi connectivity index (χ1n) is 3.84. The van der Waals surface area contributed by atoms with E-state index in [0.717, 1.165) is 12.1 Å². The minimum Gasteiger partial charge on any atom is -0.493 e. The molecule has 0 amide bonds. The van der Waals surface area contributed by atoms with E-state index in [1.165, 1.54) is 7.11 Å². The highest BCUT2D eigenvalue weighted by molar-refractivity contribution is 5.40. The molecule has 0 atom stereocenters. The number of rotatable bonds is 3. The Kier molecular flexibility index (Phi) is 3.06. The standard InChI is InChI=1S/C9H10F2O2/c1-3-13-9-5-7(11)6(10)4-8(9)12-2/h4-5H,3H2,1-2H3. The van der Waals surface area contributed by atoms with E-state index in [-0.39, 0.29) is 11.5 Å². The van der Waals surface area contributed by atoms with Gasteiger partial charge in [0.1, 0.15) is 0 Å². The van der Waals surface area contributed by atoms with Crippen molar-refractivity contribution in [1.29, 1.82) is 0 Å². The average Bonchev–Trinajstić information content (AvgIpc) is 2.11. The van der Waals surface area contributed by atoms with E-state index in [1.807, 2.05) is 0 Å². The van der Waals surface area contributed by atoms with E-state index in [2.05, 4.69) is 0 Å². The van der Waals surface area contributed by atoms with Crippen LogP contribution in [0.3, 0.4) is 0 Å². The molecule has 1 aromatic rings. The van der Waals surface area contributed by atoms with Gasteiger partial charge in [0.15, 0.2) is 23.1 Å². The highest BCUT2D eigenvalue weighted by Gasteiger charge is 2.10. The molecule has 0 N–H and O–H groups in total. The molecule has 0 aromatic heterocycles. The summed E-state index contributed by atoms with van der Waals surface area (Å²) in [6, 6.07) is 1.93. The quantitative estimate of drug-likeness (QED) is 0.725. The number of ether oxygens (including phenoxy) is 2. The Labute approximate surface area is 75.1 Å². The molecule has 0 aliphatic rings. The third-order valence-electron chi connectivity index (χ3n) is 1.51. The maximum absolute atomic E-state index is 12.7. The Balaban J connectivity index is 3.09. The highest BCUT2D eigenvalue weighted by Crippen LogP contribution is 2.29. The van der Waals surface area contributed by atoms with Gasteiger partial charge in [-0.3, -0.25) is 0 Å². The van der Waals surface area contributed by atoms with Gasteiger partial charge in [0, 0.05) is 12.1 Å². The summed E-state index contributed by atoms with van der Waals surface area (Å²) >= 11 is 0. The maximum atomic E-state index is 12.7. The van der Waals surface area contributed by atoms with Gasteiger partial charge in [-0.1, -0.05) is 0 Å². The van der Waals surface area contributed by atoms with Crippen LogP contribution >= 0.6 is 0 Å². The molecule has 0 aliphatic carbocycles. The van der Waals surface area contributed by atoms with Crippen LogP contribution in [0.1, 0.15) is 6.92 Å². The lowest BCUT2D eigenvalue weighted by molar-refractivity contribution is 0.306. The van der Waals surface area contributed by atoms with Crippen molar-refractivity contribution in [2.75, 3.05) is 13.7 Å². The summed E-state index contributed by atoms with van der Waals surface area (Å²) in [5.41, 5.74) is 0. The maximum Gasteiger partial charge on any atom is 0.164 e. The summed E-state index contributed by atoms with van der Waals surface area (Å²) in [5, 5.41) is 0. The second kappa shape index (κ2) is 4.07. The second-order valence-electron chi connectivity index (χ2n) is 2.35. The van der Waals surface area contributed by atoms with Crippen molar-refractivity contribution in [3.8, 4) is 11.5 Å². The van der Waals surface area contributed by atoms with E-state index in [9.17, 15) is 8.78 Å². The Morgan fingerprint density at radius 3 is 2.15 bits per heavy atom. The van der Waals surface area contributed by atoms with E-state index in [1.54, 1.807) is 6.92 Å². The molecule has 0 radical (unpaired) electrons. The molecular formula is C9H10F2O2. The predicted molar refractivity (Wildman–Crippen MR) is 44.1 cm³/mol. The van der Waals surface area contributed by atoms with Gasteiger partial charge in [0.25, 0.3) is 0 Å². The van der Waals surface area contributed by atoms with Crippen molar-refractivity contribution < 1.29 is 18.3 Å². The van der Waals surface area contributed by atoms with Crippen molar-refractivity contribution in [3.05, 3.63) is 23.8 Å². The molecule has 1 rings (SSSR count). The largest absolute Gasteiger partial charge is 0.493 e. The van der Waals surface area contributed by atoms with Crippen molar-refractivity contribution in [2.45, 2.75) is 6.92 Å². The van der Waals surface area contributed by atoms with Gasteiger partial charge >= 0.3 is 0 Å². The summed E-state index contributed by atoms with van der Waals surface area (Å²) < 4.78 is 35.2. The number of benzene rings is 1. The van der Waals surface area contributed by atoms with Crippen LogP contribution in [0.2, 0.25) is 0 Å². The fourth-order valence-electron chi connectivity index (χ4n) is 0.938. The van der Waals surface area contributed by atoms with E-state index < -0.39 is 11.6 Å². The average molecular weight is 188 g/mol. The van der Waals surface area contributed by atoms with Crippen molar-refractivity contribution in [1.82, 2.24) is 0 Å². The first-order valence-corrected chi connectivity index (χ1v) is 3.84. The van der Waals surface area contributed by atoms with Crippen LogP contribution in [-0.2, 0) is 0 Å². The first kappa shape index (κ1) is 9.77. The topological polar surface area (TPSA) is 18.5 Å². The first-order chi connectivity index (χ1) is 6.19. The zero-order chi connectivity index (χ0) is 9.84. The minimum absolute atomic E-state index is 0.195. The second-order valence-corrected chi connectivity index (χ2v) is 2.35. The number of hydrogen-bond acceptors (Lipinski definition) is 2. The third-order valence-corrected chi connectivity index (χ3v) is 1.51. The normalized spacial score (nSPS) is 9.85. The molecule has 72 valence electrons. The van der Waals surface area contributed by atoms with Crippen molar-refractivity contribution in [2.24, 2.45) is 0 Å². The Bertz CT molecular complexity index is 300. The number of halogens is 2. The summed E-state index contributed by atoms with van der Waals surface area (Å²) in [7, 11) is 1.37. The summed E-state index contributed by atoms with van der Waals surface area (Å²) in [4.78, 5) is 0. The Morgan fingerprint density at radius 2 is 1.69 bits per heavy atom. The summed E-state index contributed by atoms with van der Waals surface area (Å²) in [6.45, 7) is 2.13. The van der Waals surface area contributed by atoms with Gasteiger partial charge in [0.2, 0.25) is 0 Å². The van der Waals surface area contributed by atoms with Gasteiger partial charge in [-0.15, -0.1) is 0 Å². The van der Waals surface area contributed by atoms with Gasteiger partial charge in [-0.25, -0.2) is 8.78 Å². The van der Waals surface area contributed by atoms with Crippen LogP contribution in [0, 0.1) is 11.6 Å². The van der Waals surface area contributed by atoms with Gasteiger partial charge < -0.3 is 9.47 Å². The molecule has 1 aromatic carbocycles. The monoisotopic (exact) mass is 188 g/mol. The lowest BCUT2D eigenvalue weighted by Crippen LogP contribution is -1.97. The molecule has 0 saturated carbocycles. The molecule has 4 heteroatoms. The number of hydrogen-bond donors (Lipinski definition) is 0. The third kappa shape index (κ3) is 2.08. The van der Waals surface area contributed by atoms with E-state index >= 15 is 0 Å². The smallest absolute Gasteiger partial charge is 0.164 e. The molecule has 0 bridgehead atoms. The van der Waals surface area contributed by atoms with E-state index in [0.29, 0.717) is 6.61 Å². The molecule has 0 fully saturated rings. The molecule has 13 heavy (non-hydrogen) atoms. The molecule has 0 aliphatic heterocycles. The Morgan fingerprint density at radius 1 is 1.15 bits per heavy atom. The van der Waals surface area contributed by atoms with Crippen LogP contribution in [0.4, 0.5) is 8.78 Å². The molecular weight excluding hydrogens is 178 g/mol. The fourth-order valence-corrected chi connectivity index (χ4v) is 0.938. The molecule has 0 spiro atoms. The van der Waals surface area contributed by atoms with Crippen LogP contribution in [0.15, 0.2) is 12.1 Å². The van der Waals surface area contributed by atoms with E-state index in [4.69, 9.17) is 9.47 Å². The summed E-state index contributed by atoms with van der Waals surface area (Å²) in [5.74, 6) is -1.48. The zero-order valence-electron chi connectivity index (χ0n) is 7.43. The minimum atomic E-state index is -0.944. The lowest BCUT2D eigenvalue weighted by atomic mass is 10.3. The van der Waals surface area contributed by atoms with Gasteiger partial charge in [-0.2, -0.15) is 0 Å². The van der Waals surface area contributed by atoms with Gasteiger partial charge in [-0.05, 0) is 6.92 Å². The van der Waals surface area contributed by atoms with Crippen LogP contribution in [-0.4, -0.2) is 13.7 Å². The molecule has 2 nitrogen and oxygen atoms in total. The van der Waals surface area contributed by atoms with Crippen LogP contribution < -0.4 is 9.47 Å². The van der Waals surface area contributed by atoms with Crippen LogP contribution in [0.25, 0.3) is 0 Å². The number of methoxy groups -OCH3 is 1. The van der Waals surface area contributed by atoms with Crippen LogP contribution in [0.5, 0.6) is 11.5 Å². The fraction of sp³-hybridized carbons (Fsp3) is 0.333. The predicted octanol–water partition coefficient (Wildman–Crippen LogP) is 2.37. The highest BCUT2D eigenvalue weighted by atomic mass is 19.2. The molecule has 0 saturated heterocycles. The van der Waals surface area contributed by atoms with Crippen molar-refractivity contribution >= 4 is 0 Å². The Hall–Kier alpha value is -1.32. The van der Waals surface area contributed by atoms with Crippen molar-refractivity contribution in [3.63, 3.8) is 0 Å². The molecule has 0 heterocycles. The summed E-state index contributed by atoms with van der Waals surface area (Å²) in [6.07, 6.45) is 0.